The summed E-state index contributed by atoms with van der Waals surface area (Å²) in [6.45, 7) is 5.99. The van der Waals surface area contributed by atoms with Crippen LogP contribution >= 0.6 is 7.26 Å². The number of carboxylic acid groups (broad SMARTS) is 1. The highest BCUT2D eigenvalue weighted by molar-refractivity contribution is 7.96. The lowest BCUT2D eigenvalue weighted by Gasteiger charge is -2.29. The molecule has 3 rings (SSSR count). The van der Waals surface area contributed by atoms with Crippen LogP contribution < -0.4 is 15.9 Å². The molecular formula is C23H24O3P+. The molecule has 0 radical (unpaired) electrons. The first-order chi connectivity index (χ1) is 12.9. The Bertz CT molecular complexity index is 818. The van der Waals surface area contributed by atoms with Crippen molar-refractivity contribution >= 4 is 29.1 Å². The minimum atomic E-state index is -2.80. The number of rotatable bonds is 5. The molecule has 2 N–H and O–H groups in total. The number of hydrogen-bond acceptors (Lipinski definition) is 2. The van der Waals surface area contributed by atoms with Crippen LogP contribution in [0, 0.1) is 20.8 Å². The Kier molecular flexibility index (Phi) is 5.46. The Morgan fingerprint density at radius 3 is 1.15 bits per heavy atom. The number of carboxylic acids is 1. The van der Waals surface area contributed by atoms with Gasteiger partial charge < -0.3 is 10.2 Å². The van der Waals surface area contributed by atoms with Crippen molar-refractivity contribution in [2.45, 2.75) is 26.6 Å². The van der Waals surface area contributed by atoms with Gasteiger partial charge in [-0.25, -0.2) is 4.79 Å². The van der Waals surface area contributed by atoms with Crippen LogP contribution in [0.15, 0.2) is 72.8 Å². The SMILES string of the molecule is Cc1ccc([P+](c2ccc(C)cc2)(c2ccc(C)cc2)C(O)C(=O)O)cc1. The van der Waals surface area contributed by atoms with E-state index in [0.29, 0.717) is 0 Å². The maximum atomic E-state index is 12.0. The fourth-order valence-electron chi connectivity index (χ4n) is 3.38. The van der Waals surface area contributed by atoms with E-state index in [1.165, 1.54) is 0 Å². The number of hydrogen-bond donors (Lipinski definition) is 2. The van der Waals surface area contributed by atoms with Crippen LogP contribution in [0.3, 0.4) is 0 Å². The van der Waals surface area contributed by atoms with Crippen molar-refractivity contribution in [1.29, 1.82) is 0 Å². The van der Waals surface area contributed by atoms with Crippen molar-refractivity contribution in [3.63, 3.8) is 0 Å². The minimum absolute atomic E-state index is 0.857. The molecule has 0 aliphatic carbocycles. The fraction of sp³-hybridized carbons (Fsp3) is 0.174. The van der Waals surface area contributed by atoms with Crippen LogP contribution in [0.4, 0.5) is 0 Å². The first-order valence-electron chi connectivity index (χ1n) is 8.87. The third-order valence-corrected chi connectivity index (χ3v) is 9.20. The van der Waals surface area contributed by atoms with Crippen LogP contribution in [0.25, 0.3) is 0 Å². The normalized spacial score (nSPS) is 12.6. The van der Waals surface area contributed by atoms with E-state index in [4.69, 9.17) is 0 Å². The van der Waals surface area contributed by atoms with E-state index in [0.717, 1.165) is 32.6 Å². The second kappa shape index (κ2) is 7.64. The molecule has 3 nitrogen and oxygen atoms in total. The first-order valence-corrected chi connectivity index (χ1v) is 10.7. The summed E-state index contributed by atoms with van der Waals surface area (Å²) >= 11 is 0. The zero-order valence-corrected chi connectivity index (χ0v) is 16.6. The number of benzene rings is 3. The van der Waals surface area contributed by atoms with Gasteiger partial charge in [-0.15, -0.1) is 0 Å². The summed E-state index contributed by atoms with van der Waals surface area (Å²) in [5.41, 5.74) is 3.28. The summed E-state index contributed by atoms with van der Waals surface area (Å²) in [5.74, 6) is -2.73. The van der Waals surface area contributed by atoms with E-state index < -0.39 is 19.1 Å². The van der Waals surface area contributed by atoms with Crippen molar-refractivity contribution in [1.82, 2.24) is 0 Å². The van der Waals surface area contributed by atoms with Crippen LogP contribution in [-0.4, -0.2) is 22.0 Å². The van der Waals surface area contributed by atoms with Crippen molar-refractivity contribution in [3.05, 3.63) is 89.5 Å². The van der Waals surface area contributed by atoms with Gasteiger partial charge in [0.1, 0.15) is 15.9 Å². The van der Waals surface area contributed by atoms with E-state index >= 15 is 0 Å². The lowest BCUT2D eigenvalue weighted by atomic mass is 10.2. The van der Waals surface area contributed by atoms with Crippen LogP contribution in [0.1, 0.15) is 16.7 Å². The molecule has 0 bridgehead atoms. The third kappa shape index (κ3) is 3.53. The Balaban J connectivity index is 2.40. The number of aliphatic carboxylic acids is 1. The largest absolute Gasteiger partial charge is 0.476 e. The van der Waals surface area contributed by atoms with Gasteiger partial charge in [0.15, 0.2) is 7.26 Å². The Hall–Kier alpha value is -2.48. The van der Waals surface area contributed by atoms with Gasteiger partial charge in [-0.1, -0.05) is 53.1 Å². The lowest BCUT2D eigenvalue weighted by Crippen LogP contribution is -2.42. The molecule has 3 aromatic rings. The van der Waals surface area contributed by atoms with Crippen molar-refractivity contribution < 1.29 is 15.0 Å². The van der Waals surface area contributed by atoms with Crippen molar-refractivity contribution in [2.75, 3.05) is 0 Å². The molecule has 0 saturated carbocycles. The number of aliphatic hydroxyl groups is 1. The van der Waals surface area contributed by atoms with Crippen LogP contribution in [0.5, 0.6) is 0 Å². The van der Waals surface area contributed by atoms with E-state index in [-0.39, 0.29) is 0 Å². The molecule has 0 spiro atoms. The highest BCUT2D eigenvalue weighted by Gasteiger charge is 2.55. The molecule has 1 unspecified atom stereocenters. The summed E-state index contributed by atoms with van der Waals surface area (Å²) in [6.07, 6.45) is 0. The average molecular weight is 379 g/mol. The maximum Gasteiger partial charge on any atom is 0.373 e. The number of aryl methyl sites for hydroxylation is 3. The average Bonchev–Trinajstić information content (AvgIpc) is 2.66. The zero-order valence-electron chi connectivity index (χ0n) is 15.8. The highest BCUT2D eigenvalue weighted by atomic mass is 31.2. The van der Waals surface area contributed by atoms with Gasteiger partial charge in [0.2, 0.25) is 0 Å². The third-order valence-electron chi connectivity index (χ3n) is 4.91. The second-order valence-corrected chi connectivity index (χ2v) is 10.4. The summed E-state index contributed by atoms with van der Waals surface area (Å²) in [4.78, 5) is 12.0. The summed E-state index contributed by atoms with van der Waals surface area (Å²) in [6, 6.07) is 23.6. The summed E-state index contributed by atoms with van der Waals surface area (Å²) in [7, 11) is -2.80. The molecule has 27 heavy (non-hydrogen) atoms. The van der Waals surface area contributed by atoms with Gasteiger partial charge in [0.05, 0.1) is 0 Å². The molecule has 1 atom stereocenters. The van der Waals surface area contributed by atoms with Crippen LogP contribution in [0.2, 0.25) is 0 Å². The second-order valence-electron chi connectivity index (χ2n) is 6.94. The Morgan fingerprint density at radius 2 is 0.926 bits per heavy atom. The van der Waals surface area contributed by atoms with Gasteiger partial charge >= 0.3 is 5.97 Å². The van der Waals surface area contributed by atoms with Gasteiger partial charge in [0, 0.05) is 0 Å². The smallest absolute Gasteiger partial charge is 0.373 e. The molecule has 4 heteroatoms. The molecule has 0 amide bonds. The predicted molar refractivity (Wildman–Crippen MR) is 113 cm³/mol. The summed E-state index contributed by atoms with van der Waals surface area (Å²) in [5, 5.41) is 23.5. The van der Waals surface area contributed by atoms with Crippen molar-refractivity contribution in [2.24, 2.45) is 0 Å². The van der Waals surface area contributed by atoms with E-state index in [1.807, 2.05) is 93.6 Å². The predicted octanol–water partition coefficient (Wildman–Crippen LogP) is 3.31. The van der Waals surface area contributed by atoms with Gasteiger partial charge in [-0.2, -0.15) is 0 Å². The van der Waals surface area contributed by atoms with E-state index in [1.54, 1.807) is 0 Å². The molecule has 0 saturated heterocycles. The molecule has 0 fully saturated rings. The number of aliphatic hydroxyl groups excluding tert-OH is 1. The Labute approximate surface area is 160 Å². The summed E-state index contributed by atoms with van der Waals surface area (Å²) < 4.78 is 0. The molecular weight excluding hydrogens is 355 g/mol. The minimum Gasteiger partial charge on any atom is -0.476 e. The van der Waals surface area contributed by atoms with E-state index in [2.05, 4.69) is 0 Å². The lowest BCUT2D eigenvalue weighted by molar-refractivity contribution is -0.142. The number of carbonyl (C=O) groups is 1. The zero-order chi connectivity index (χ0) is 19.6. The molecule has 0 aliphatic heterocycles. The molecule has 0 heterocycles. The maximum absolute atomic E-state index is 12.0. The first kappa shape index (κ1) is 19.3. The monoisotopic (exact) mass is 379 g/mol. The van der Waals surface area contributed by atoms with Gasteiger partial charge in [0.25, 0.3) is 5.85 Å². The Morgan fingerprint density at radius 1 is 0.667 bits per heavy atom. The topological polar surface area (TPSA) is 57.5 Å². The standard InChI is InChI=1S/C23H23O3P/c1-16-4-10-19(11-5-16)27(23(26)22(24)25,20-12-6-17(2)7-13-20)21-14-8-18(3)9-15-21/h4-15,23,26H,1-3H3/p+1. The molecule has 0 aromatic heterocycles. The van der Waals surface area contributed by atoms with Gasteiger partial charge in [-0.05, 0) is 57.2 Å². The molecule has 3 aromatic carbocycles. The van der Waals surface area contributed by atoms with E-state index in [9.17, 15) is 15.0 Å². The van der Waals surface area contributed by atoms with Crippen LogP contribution in [-0.2, 0) is 4.79 Å². The van der Waals surface area contributed by atoms with Gasteiger partial charge in [-0.3, -0.25) is 0 Å². The quantitative estimate of drug-likeness (QED) is 0.669. The molecule has 138 valence electrons. The van der Waals surface area contributed by atoms with Crippen molar-refractivity contribution in [3.8, 4) is 0 Å². The fourth-order valence-corrected chi connectivity index (χ4v) is 7.31. The molecule has 0 aliphatic rings. The highest BCUT2D eigenvalue weighted by Crippen LogP contribution is 2.59.